The quantitative estimate of drug-likeness (QED) is 0.831. The van der Waals surface area contributed by atoms with Gasteiger partial charge in [0, 0.05) is 18.1 Å². The first-order valence-corrected chi connectivity index (χ1v) is 7.92. The Bertz CT molecular complexity index is 281. The Labute approximate surface area is 113 Å². The first kappa shape index (κ1) is 14.3. The van der Waals surface area contributed by atoms with Gasteiger partial charge in [0.2, 0.25) is 0 Å². The standard InChI is InChI=1S/C16H32N2/c1-5-18(14-8-6-7-9-14)16(12-17)11-15(3,4)10-13(16)2/h13-14H,5-12,17H2,1-4H3. The highest BCUT2D eigenvalue weighted by Gasteiger charge is 2.52. The van der Waals surface area contributed by atoms with Crippen LogP contribution in [-0.2, 0) is 0 Å². The van der Waals surface area contributed by atoms with E-state index in [1.807, 2.05) is 0 Å². The Kier molecular flexibility index (Phi) is 4.08. The number of rotatable bonds is 4. The van der Waals surface area contributed by atoms with Gasteiger partial charge in [-0.1, -0.05) is 40.5 Å². The summed E-state index contributed by atoms with van der Waals surface area (Å²) >= 11 is 0. The van der Waals surface area contributed by atoms with Crippen LogP contribution in [0.4, 0.5) is 0 Å². The number of hydrogen-bond acceptors (Lipinski definition) is 2. The Balaban J connectivity index is 2.24. The van der Waals surface area contributed by atoms with Crippen molar-refractivity contribution in [1.29, 1.82) is 0 Å². The summed E-state index contributed by atoms with van der Waals surface area (Å²) in [6.45, 7) is 11.6. The SMILES string of the molecule is CCN(C1CCCC1)C1(CN)CC(C)(C)CC1C. The van der Waals surface area contributed by atoms with Crippen molar-refractivity contribution in [3.8, 4) is 0 Å². The summed E-state index contributed by atoms with van der Waals surface area (Å²) < 4.78 is 0. The van der Waals surface area contributed by atoms with Crippen molar-refractivity contribution in [2.24, 2.45) is 17.1 Å². The second-order valence-electron chi connectivity index (χ2n) is 7.48. The molecule has 2 heteroatoms. The number of likely N-dealkylation sites (N-methyl/N-ethyl adjacent to an activating group) is 1. The molecule has 0 aliphatic heterocycles. The van der Waals surface area contributed by atoms with Crippen molar-refractivity contribution in [2.45, 2.75) is 77.8 Å². The molecule has 0 aromatic carbocycles. The van der Waals surface area contributed by atoms with E-state index in [2.05, 4.69) is 32.6 Å². The maximum Gasteiger partial charge on any atom is 0.0365 e. The molecule has 2 saturated carbocycles. The van der Waals surface area contributed by atoms with Crippen molar-refractivity contribution in [3.05, 3.63) is 0 Å². The molecule has 2 nitrogen and oxygen atoms in total. The molecule has 0 heterocycles. The fourth-order valence-corrected chi connectivity index (χ4v) is 5.02. The van der Waals surface area contributed by atoms with Crippen LogP contribution in [0.25, 0.3) is 0 Å². The Morgan fingerprint density at radius 1 is 1.22 bits per heavy atom. The third-order valence-electron chi connectivity index (χ3n) is 5.59. The fraction of sp³-hybridized carbons (Fsp3) is 1.00. The number of hydrogen-bond donors (Lipinski definition) is 1. The third-order valence-corrected chi connectivity index (χ3v) is 5.59. The van der Waals surface area contributed by atoms with E-state index in [1.54, 1.807) is 0 Å². The molecule has 2 unspecified atom stereocenters. The normalized spacial score (nSPS) is 36.7. The van der Waals surface area contributed by atoms with Crippen LogP contribution in [0.3, 0.4) is 0 Å². The fourth-order valence-electron chi connectivity index (χ4n) is 5.02. The molecular weight excluding hydrogens is 220 g/mol. The molecule has 2 fully saturated rings. The minimum Gasteiger partial charge on any atom is -0.329 e. The predicted octanol–water partition coefficient (Wildman–Crippen LogP) is 3.40. The van der Waals surface area contributed by atoms with Gasteiger partial charge in [-0.3, -0.25) is 4.90 Å². The topological polar surface area (TPSA) is 29.3 Å². The maximum atomic E-state index is 6.28. The maximum absolute atomic E-state index is 6.28. The lowest BCUT2D eigenvalue weighted by Gasteiger charge is -2.47. The van der Waals surface area contributed by atoms with Gasteiger partial charge in [0.05, 0.1) is 0 Å². The summed E-state index contributed by atoms with van der Waals surface area (Å²) in [5, 5.41) is 0. The molecule has 2 atom stereocenters. The second kappa shape index (κ2) is 5.13. The molecule has 0 amide bonds. The molecule has 18 heavy (non-hydrogen) atoms. The minimum atomic E-state index is 0.271. The van der Waals surface area contributed by atoms with Crippen LogP contribution < -0.4 is 5.73 Å². The van der Waals surface area contributed by atoms with Gasteiger partial charge in [-0.15, -0.1) is 0 Å². The van der Waals surface area contributed by atoms with Gasteiger partial charge in [0.1, 0.15) is 0 Å². The molecule has 0 bridgehead atoms. The van der Waals surface area contributed by atoms with E-state index in [-0.39, 0.29) is 5.54 Å². The van der Waals surface area contributed by atoms with Crippen molar-refractivity contribution in [3.63, 3.8) is 0 Å². The average molecular weight is 252 g/mol. The first-order chi connectivity index (χ1) is 8.45. The molecule has 2 aliphatic carbocycles. The van der Waals surface area contributed by atoms with Crippen molar-refractivity contribution < 1.29 is 0 Å². The van der Waals surface area contributed by atoms with Crippen LogP contribution in [0.5, 0.6) is 0 Å². The summed E-state index contributed by atoms with van der Waals surface area (Å²) in [7, 11) is 0. The molecule has 2 N–H and O–H groups in total. The third kappa shape index (κ3) is 2.34. The molecule has 2 rings (SSSR count). The molecule has 0 aromatic heterocycles. The molecule has 0 spiro atoms. The van der Waals surface area contributed by atoms with Gasteiger partial charge in [0.25, 0.3) is 0 Å². The van der Waals surface area contributed by atoms with Crippen LogP contribution in [0.1, 0.15) is 66.2 Å². The summed E-state index contributed by atoms with van der Waals surface area (Å²) in [5.41, 5.74) is 7.02. The highest BCUT2D eigenvalue weighted by Crippen LogP contribution is 2.51. The van der Waals surface area contributed by atoms with E-state index < -0.39 is 0 Å². The van der Waals surface area contributed by atoms with Gasteiger partial charge >= 0.3 is 0 Å². The van der Waals surface area contributed by atoms with Gasteiger partial charge in [-0.25, -0.2) is 0 Å². The first-order valence-electron chi connectivity index (χ1n) is 7.92. The van der Waals surface area contributed by atoms with E-state index in [9.17, 15) is 0 Å². The van der Waals surface area contributed by atoms with Gasteiger partial charge in [-0.2, -0.15) is 0 Å². The summed E-state index contributed by atoms with van der Waals surface area (Å²) in [5.74, 6) is 0.734. The highest BCUT2D eigenvalue weighted by atomic mass is 15.2. The minimum absolute atomic E-state index is 0.271. The average Bonchev–Trinajstić information content (AvgIpc) is 2.87. The lowest BCUT2D eigenvalue weighted by Crippen LogP contribution is -2.59. The predicted molar refractivity (Wildman–Crippen MR) is 78.6 cm³/mol. The van der Waals surface area contributed by atoms with Crippen LogP contribution in [0.2, 0.25) is 0 Å². The van der Waals surface area contributed by atoms with Crippen LogP contribution in [0, 0.1) is 11.3 Å². The van der Waals surface area contributed by atoms with Crippen LogP contribution in [0.15, 0.2) is 0 Å². The molecular formula is C16H32N2. The Morgan fingerprint density at radius 3 is 2.22 bits per heavy atom. The van der Waals surface area contributed by atoms with E-state index >= 15 is 0 Å². The lowest BCUT2D eigenvalue weighted by atomic mass is 9.83. The van der Waals surface area contributed by atoms with E-state index in [1.165, 1.54) is 45.1 Å². The number of nitrogens with two attached hydrogens (primary N) is 1. The van der Waals surface area contributed by atoms with Gasteiger partial charge in [0.15, 0.2) is 0 Å². The molecule has 2 aliphatic rings. The molecule has 106 valence electrons. The smallest absolute Gasteiger partial charge is 0.0365 e. The largest absolute Gasteiger partial charge is 0.329 e. The second-order valence-corrected chi connectivity index (χ2v) is 7.48. The monoisotopic (exact) mass is 252 g/mol. The number of nitrogens with zero attached hydrogens (tertiary/aromatic N) is 1. The Hall–Kier alpha value is -0.0800. The highest BCUT2D eigenvalue weighted by molar-refractivity contribution is 5.07. The van der Waals surface area contributed by atoms with Crippen LogP contribution >= 0.6 is 0 Å². The van der Waals surface area contributed by atoms with Crippen LogP contribution in [-0.4, -0.2) is 29.6 Å². The zero-order valence-electron chi connectivity index (χ0n) is 12.8. The molecule has 0 aromatic rings. The molecule has 0 radical (unpaired) electrons. The van der Waals surface area contributed by atoms with Crippen molar-refractivity contribution >= 4 is 0 Å². The lowest BCUT2D eigenvalue weighted by molar-refractivity contribution is 0.0254. The van der Waals surface area contributed by atoms with E-state index in [4.69, 9.17) is 5.73 Å². The molecule has 0 saturated heterocycles. The summed E-state index contributed by atoms with van der Waals surface area (Å²) in [6.07, 6.45) is 8.22. The van der Waals surface area contributed by atoms with Gasteiger partial charge in [-0.05, 0) is 43.6 Å². The zero-order valence-corrected chi connectivity index (χ0v) is 12.8. The Morgan fingerprint density at radius 2 is 1.83 bits per heavy atom. The van der Waals surface area contributed by atoms with E-state index in [0.29, 0.717) is 5.41 Å². The summed E-state index contributed by atoms with van der Waals surface area (Å²) in [4.78, 5) is 2.79. The van der Waals surface area contributed by atoms with E-state index in [0.717, 1.165) is 18.5 Å². The van der Waals surface area contributed by atoms with Crippen molar-refractivity contribution in [2.75, 3.05) is 13.1 Å². The van der Waals surface area contributed by atoms with Gasteiger partial charge < -0.3 is 5.73 Å². The zero-order chi connectivity index (χ0) is 13.4. The van der Waals surface area contributed by atoms with Crippen molar-refractivity contribution in [1.82, 2.24) is 4.90 Å². The summed E-state index contributed by atoms with van der Waals surface area (Å²) in [6, 6.07) is 0.801.